The van der Waals surface area contributed by atoms with Crippen LogP contribution in [0.4, 0.5) is 5.82 Å². The maximum atomic E-state index is 6.04. The number of hydrogen-bond donors (Lipinski definition) is 1. The summed E-state index contributed by atoms with van der Waals surface area (Å²) in [6, 6.07) is 0.246. The second-order valence-corrected chi connectivity index (χ2v) is 5.14. The van der Waals surface area contributed by atoms with E-state index in [0.717, 1.165) is 43.1 Å². The highest BCUT2D eigenvalue weighted by molar-refractivity contribution is 5.42. The lowest BCUT2D eigenvalue weighted by atomic mass is 10.1. The summed E-state index contributed by atoms with van der Waals surface area (Å²) >= 11 is 0. The number of aryl methyl sites for hydroxylation is 1. The minimum Gasteiger partial charge on any atom is -0.383 e. The number of hydrogen-bond acceptors (Lipinski definition) is 5. The maximum Gasteiger partial charge on any atom is 0.149 e. The largest absolute Gasteiger partial charge is 0.383 e. The molecule has 2 heterocycles. The van der Waals surface area contributed by atoms with Gasteiger partial charge in [0.15, 0.2) is 0 Å². The molecule has 2 rings (SSSR count). The van der Waals surface area contributed by atoms with Crippen molar-refractivity contribution in [2.24, 2.45) is 0 Å². The first-order valence-electron chi connectivity index (χ1n) is 6.54. The zero-order valence-electron chi connectivity index (χ0n) is 11.8. The monoisotopic (exact) mass is 249 g/mol. The second-order valence-electron chi connectivity index (χ2n) is 5.14. The SMILES string of the molecule is CCc1c(C)nc(C2CN(C)CCN2C)nc1N. The third-order valence-corrected chi connectivity index (χ3v) is 3.77. The maximum absolute atomic E-state index is 6.04. The quantitative estimate of drug-likeness (QED) is 0.842. The Morgan fingerprint density at radius 3 is 2.61 bits per heavy atom. The first-order valence-corrected chi connectivity index (χ1v) is 6.54. The van der Waals surface area contributed by atoms with Crippen LogP contribution in [0.25, 0.3) is 0 Å². The number of piperazine rings is 1. The Balaban J connectivity index is 2.33. The molecule has 5 heteroatoms. The van der Waals surface area contributed by atoms with Crippen LogP contribution in [0.1, 0.15) is 30.0 Å². The van der Waals surface area contributed by atoms with Crippen molar-refractivity contribution in [3.63, 3.8) is 0 Å². The van der Waals surface area contributed by atoms with Crippen molar-refractivity contribution in [2.45, 2.75) is 26.3 Å². The van der Waals surface area contributed by atoms with Gasteiger partial charge in [0.2, 0.25) is 0 Å². The number of anilines is 1. The van der Waals surface area contributed by atoms with E-state index in [2.05, 4.69) is 40.8 Å². The van der Waals surface area contributed by atoms with Crippen molar-refractivity contribution in [3.8, 4) is 0 Å². The molecule has 1 aliphatic heterocycles. The Bertz CT molecular complexity index is 408. The number of aromatic nitrogens is 2. The summed E-state index contributed by atoms with van der Waals surface area (Å²) in [5.74, 6) is 1.50. The van der Waals surface area contributed by atoms with E-state index in [-0.39, 0.29) is 6.04 Å². The zero-order valence-corrected chi connectivity index (χ0v) is 11.8. The summed E-state index contributed by atoms with van der Waals surface area (Å²) in [5, 5.41) is 0. The van der Waals surface area contributed by atoms with Crippen LogP contribution in [0.15, 0.2) is 0 Å². The van der Waals surface area contributed by atoms with Crippen LogP contribution >= 0.6 is 0 Å². The Morgan fingerprint density at radius 1 is 1.28 bits per heavy atom. The summed E-state index contributed by atoms with van der Waals surface area (Å²) in [6.07, 6.45) is 0.887. The van der Waals surface area contributed by atoms with Crippen molar-refractivity contribution in [1.82, 2.24) is 19.8 Å². The van der Waals surface area contributed by atoms with Crippen molar-refractivity contribution < 1.29 is 0 Å². The van der Waals surface area contributed by atoms with Crippen molar-refractivity contribution in [2.75, 3.05) is 39.5 Å². The second kappa shape index (κ2) is 5.20. The Morgan fingerprint density at radius 2 is 2.00 bits per heavy atom. The van der Waals surface area contributed by atoms with Crippen LogP contribution in [-0.2, 0) is 6.42 Å². The van der Waals surface area contributed by atoms with Crippen LogP contribution in [0.3, 0.4) is 0 Å². The van der Waals surface area contributed by atoms with Gasteiger partial charge in [-0.25, -0.2) is 9.97 Å². The van der Waals surface area contributed by atoms with Gasteiger partial charge in [0.05, 0.1) is 6.04 Å². The molecule has 100 valence electrons. The average Bonchev–Trinajstić information content (AvgIpc) is 2.32. The van der Waals surface area contributed by atoms with E-state index in [4.69, 9.17) is 5.73 Å². The first-order chi connectivity index (χ1) is 8.52. The molecule has 2 N–H and O–H groups in total. The van der Waals surface area contributed by atoms with Gasteiger partial charge in [-0.05, 0) is 27.4 Å². The van der Waals surface area contributed by atoms with E-state index in [1.54, 1.807) is 0 Å². The van der Waals surface area contributed by atoms with Crippen molar-refractivity contribution in [1.29, 1.82) is 0 Å². The third kappa shape index (κ3) is 2.47. The molecule has 1 atom stereocenters. The molecule has 1 unspecified atom stereocenters. The summed E-state index contributed by atoms with van der Waals surface area (Å²) in [4.78, 5) is 13.8. The molecule has 5 nitrogen and oxygen atoms in total. The summed E-state index contributed by atoms with van der Waals surface area (Å²) in [5.41, 5.74) is 8.13. The average molecular weight is 249 g/mol. The summed E-state index contributed by atoms with van der Waals surface area (Å²) < 4.78 is 0. The van der Waals surface area contributed by atoms with Crippen LogP contribution in [-0.4, -0.2) is 53.5 Å². The zero-order chi connectivity index (χ0) is 13.3. The molecule has 18 heavy (non-hydrogen) atoms. The van der Waals surface area contributed by atoms with E-state index >= 15 is 0 Å². The summed E-state index contributed by atoms with van der Waals surface area (Å²) in [6.45, 7) is 7.20. The van der Waals surface area contributed by atoms with Crippen molar-refractivity contribution >= 4 is 5.82 Å². The highest BCUT2D eigenvalue weighted by Gasteiger charge is 2.26. The molecule has 0 bridgehead atoms. The molecule has 0 radical (unpaired) electrons. The van der Waals surface area contributed by atoms with Gasteiger partial charge in [0.25, 0.3) is 0 Å². The first kappa shape index (κ1) is 13.2. The molecule has 0 aromatic carbocycles. The van der Waals surface area contributed by atoms with E-state index in [0.29, 0.717) is 5.82 Å². The Hall–Kier alpha value is -1.20. The highest BCUT2D eigenvalue weighted by Crippen LogP contribution is 2.23. The minimum atomic E-state index is 0.246. The van der Waals surface area contributed by atoms with E-state index in [1.165, 1.54) is 0 Å². The fraction of sp³-hybridized carbons (Fsp3) is 0.692. The molecule has 1 aliphatic rings. The van der Waals surface area contributed by atoms with Gasteiger partial charge in [-0.2, -0.15) is 0 Å². The molecule has 0 amide bonds. The fourth-order valence-corrected chi connectivity index (χ4v) is 2.52. The highest BCUT2D eigenvalue weighted by atomic mass is 15.3. The van der Waals surface area contributed by atoms with Gasteiger partial charge in [0.1, 0.15) is 11.6 Å². The van der Waals surface area contributed by atoms with Crippen molar-refractivity contribution in [3.05, 3.63) is 17.1 Å². The number of nitrogen functional groups attached to an aromatic ring is 1. The van der Waals surface area contributed by atoms with Gasteiger partial charge >= 0.3 is 0 Å². The predicted octanol–water partition coefficient (Wildman–Crippen LogP) is 0.848. The molecule has 1 aromatic rings. The fourth-order valence-electron chi connectivity index (χ4n) is 2.52. The smallest absolute Gasteiger partial charge is 0.149 e. The molecule has 0 saturated carbocycles. The van der Waals surface area contributed by atoms with Crippen LogP contribution in [0.5, 0.6) is 0 Å². The third-order valence-electron chi connectivity index (χ3n) is 3.77. The van der Waals surface area contributed by atoms with E-state index in [1.807, 2.05) is 6.92 Å². The number of likely N-dealkylation sites (N-methyl/N-ethyl adjacent to an activating group) is 2. The van der Waals surface area contributed by atoms with Gasteiger partial charge in [0, 0.05) is 30.9 Å². The number of nitrogens with two attached hydrogens (primary N) is 1. The molecule has 1 aromatic heterocycles. The molecule has 1 fully saturated rings. The lowest BCUT2D eigenvalue weighted by Crippen LogP contribution is -2.45. The lowest BCUT2D eigenvalue weighted by molar-refractivity contribution is 0.109. The van der Waals surface area contributed by atoms with Crippen LogP contribution in [0.2, 0.25) is 0 Å². The van der Waals surface area contributed by atoms with Gasteiger partial charge in [-0.15, -0.1) is 0 Å². The molecular formula is C13H23N5. The van der Waals surface area contributed by atoms with Gasteiger partial charge in [-0.1, -0.05) is 6.92 Å². The molecular weight excluding hydrogens is 226 g/mol. The predicted molar refractivity (Wildman–Crippen MR) is 73.4 cm³/mol. The topological polar surface area (TPSA) is 58.3 Å². The minimum absolute atomic E-state index is 0.246. The van der Waals surface area contributed by atoms with Crippen LogP contribution in [0, 0.1) is 6.92 Å². The van der Waals surface area contributed by atoms with Gasteiger partial charge in [-0.3, -0.25) is 4.90 Å². The lowest BCUT2D eigenvalue weighted by Gasteiger charge is -2.36. The summed E-state index contributed by atoms with van der Waals surface area (Å²) in [7, 11) is 4.26. The Kier molecular flexibility index (Phi) is 3.82. The molecule has 0 spiro atoms. The van der Waals surface area contributed by atoms with Gasteiger partial charge < -0.3 is 10.6 Å². The normalized spacial score (nSPS) is 22.3. The molecule has 1 saturated heterocycles. The Labute approximate surface area is 109 Å². The number of rotatable bonds is 2. The van der Waals surface area contributed by atoms with Crippen LogP contribution < -0.4 is 5.73 Å². The standard InChI is InChI=1S/C13H23N5/c1-5-10-9(2)15-13(16-12(10)14)11-8-17(3)6-7-18(11)4/h11H,5-8H2,1-4H3,(H2,14,15,16). The van der Waals surface area contributed by atoms with E-state index in [9.17, 15) is 0 Å². The number of nitrogens with zero attached hydrogens (tertiary/aromatic N) is 4. The molecule has 0 aliphatic carbocycles. The van der Waals surface area contributed by atoms with E-state index < -0.39 is 0 Å².